The zero-order valence-corrected chi connectivity index (χ0v) is 20.8. The number of imidazole rings is 1. The third-order valence-corrected chi connectivity index (χ3v) is 7.86. The van der Waals surface area contributed by atoms with E-state index in [1.54, 1.807) is 0 Å². The fourth-order valence-corrected chi connectivity index (χ4v) is 6.11. The Hall–Kier alpha value is -2.61. The number of carbonyl (C=O) groups is 1. The van der Waals surface area contributed by atoms with Crippen LogP contribution in [0.5, 0.6) is 0 Å². The second kappa shape index (κ2) is 10.3. The average molecular weight is 476 g/mol. The summed E-state index contributed by atoms with van der Waals surface area (Å²) < 4.78 is 2.09. The summed E-state index contributed by atoms with van der Waals surface area (Å²) in [6.45, 7) is 9.70. The van der Waals surface area contributed by atoms with Crippen LogP contribution in [0.3, 0.4) is 0 Å². The molecule has 2 aromatic heterocycles. The Balaban J connectivity index is 1.05. The first-order valence-electron chi connectivity index (χ1n) is 12.2. The number of unbranched alkanes of at least 4 members (excludes halogenated alkanes) is 1. The summed E-state index contributed by atoms with van der Waals surface area (Å²) in [5.74, 6) is 0.00576. The normalized spacial score (nSPS) is 20.9. The van der Waals surface area contributed by atoms with E-state index in [4.69, 9.17) is 0 Å². The van der Waals surface area contributed by atoms with Gasteiger partial charge in [0.2, 0.25) is 0 Å². The van der Waals surface area contributed by atoms with Crippen LogP contribution in [-0.4, -0.2) is 63.4 Å². The molecule has 6 nitrogen and oxygen atoms in total. The maximum absolute atomic E-state index is 12.7. The molecule has 1 aromatic carbocycles. The molecule has 1 saturated heterocycles. The van der Waals surface area contributed by atoms with Gasteiger partial charge in [0.25, 0.3) is 5.91 Å². The molecule has 5 rings (SSSR count). The van der Waals surface area contributed by atoms with Gasteiger partial charge in [0, 0.05) is 38.3 Å². The Morgan fingerprint density at radius 1 is 1.06 bits per heavy atom. The molecule has 0 bridgehead atoms. The summed E-state index contributed by atoms with van der Waals surface area (Å²) in [4.78, 5) is 23.1. The lowest BCUT2D eigenvalue weighted by Crippen LogP contribution is -2.56. The predicted molar refractivity (Wildman–Crippen MR) is 139 cm³/mol. The number of nitrogens with one attached hydrogen (secondary N) is 1. The van der Waals surface area contributed by atoms with Gasteiger partial charge in [-0.1, -0.05) is 48.2 Å². The number of nitrogens with zero attached hydrogens (tertiary/aromatic N) is 4. The van der Waals surface area contributed by atoms with E-state index in [1.807, 2.05) is 30.5 Å². The second-order valence-electron chi connectivity index (χ2n) is 9.43. The van der Waals surface area contributed by atoms with E-state index in [9.17, 15) is 4.79 Å². The van der Waals surface area contributed by atoms with Crippen LogP contribution in [0.4, 0.5) is 0 Å². The number of piperazine rings is 1. The van der Waals surface area contributed by atoms with E-state index in [2.05, 4.69) is 68.7 Å². The van der Waals surface area contributed by atoms with Gasteiger partial charge in [-0.3, -0.25) is 14.1 Å². The summed E-state index contributed by atoms with van der Waals surface area (Å²) in [7, 11) is 0. The first-order valence-corrected chi connectivity index (χ1v) is 13.1. The zero-order chi connectivity index (χ0) is 23.5. The third kappa shape index (κ3) is 5.06. The Morgan fingerprint density at radius 3 is 2.65 bits per heavy atom. The van der Waals surface area contributed by atoms with Crippen molar-refractivity contribution < 1.29 is 4.79 Å². The minimum Gasteiger partial charge on any atom is -0.352 e. The number of hydrogen-bond donors (Lipinski definition) is 1. The number of rotatable bonds is 8. The van der Waals surface area contributed by atoms with Crippen LogP contribution in [0, 0.1) is 0 Å². The molecule has 7 heteroatoms. The van der Waals surface area contributed by atoms with Gasteiger partial charge in [-0.25, -0.2) is 4.98 Å². The van der Waals surface area contributed by atoms with Crippen LogP contribution >= 0.6 is 11.8 Å². The Kier molecular flexibility index (Phi) is 7.04. The Bertz CT molecular complexity index is 1160. The van der Waals surface area contributed by atoms with Gasteiger partial charge >= 0.3 is 0 Å². The molecule has 2 aliphatic rings. The number of thioether (sulfide) groups is 1. The highest BCUT2D eigenvalue weighted by molar-refractivity contribution is 8.04. The van der Waals surface area contributed by atoms with Crippen molar-refractivity contribution in [2.45, 2.75) is 50.3 Å². The Morgan fingerprint density at radius 2 is 1.85 bits per heavy atom. The molecule has 0 saturated carbocycles. The van der Waals surface area contributed by atoms with Crippen LogP contribution in [0.2, 0.25) is 0 Å². The van der Waals surface area contributed by atoms with Crippen molar-refractivity contribution in [1.29, 1.82) is 0 Å². The van der Waals surface area contributed by atoms with Crippen LogP contribution in [-0.2, 0) is 11.3 Å². The molecule has 1 N–H and O–H groups in total. The molecule has 0 radical (unpaired) electrons. The predicted octanol–water partition coefficient (Wildman–Crippen LogP) is 4.27. The second-order valence-corrected chi connectivity index (χ2v) is 10.5. The first kappa shape index (κ1) is 23.1. The standard InChI is InChI=1S/C27H33N5OS/c1-20-17-30(18-21(2)31(20)19-22-9-4-3-5-10-22)14-7-6-13-28-27(33)24-15-23-16-29-25-11-8-12-26(34-24)32(23)25/h3-5,8-12,15-16,20-21H,6-7,13-14,17-19H2,1-2H3,(H,28,33)/t20-,21+. The molecule has 0 spiro atoms. The van der Waals surface area contributed by atoms with Gasteiger partial charge in [-0.2, -0.15) is 0 Å². The number of benzene rings is 1. The van der Waals surface area contributed by atoms with Crippen molar-refractivity contribution in [2.24, 2.45) is 0 Å². The summed E-state index contributed by atoms with van der Waals surface area (Å²) in [6, 6.07) is 17.8. The number of amides is 1. The Labute approximate surface area is 206 Å². The SMILES string of the molecule is C[C@@H]1CN(CCCCNC(=O)C2=Cc3cnc4cccc(n34)S2)C[C@H](C)N1Cc1ccccc1. The fraction of sp³-hybridized carbons (Fsp3) is 0.407. The van der Waals surface area contributed by atoms with Crippen molar-refractivity contribution in [2.75, 3.05) is 26.2 Å². The summed E-state index contributed by atoms with van der Waals surface area (Å²) in [6.07, 6.45) is 5.85. The van der Waals surface area contributed by atoms with E-state index in [1.165, 1.54) is 17.3 Å². The molecule has 2 atom stereocenters. The maximum atomic E-state index is 12.7. The van der Waals surface area contributed by atoms with E-state index in [0.717, 1.165) is 60.3 Å². The molecule has 3 aromatic rings. The summed E-state index contributed by atoms with van der Waals surface area (Å²) in [5.41, 5.74) is 3.27. The molecule has 4 heterocycles. The first-order chi connectivity index (χ1) is 16.6. The van der Waals surface area contributed by atoms with Crippen molar-refractivity contribution in [3.8, 4) is 0 Å². The molecule has 1 amide bonds. The molecule has 2 aliphatic heterocycles. The lowest BCUT2D eigenvalue weighted by atomic mass is 10.1. The van der Waals surface area contributed by atoms with Gasteiger partial charge in [0.1, 0.15) is 5.65 Å². The van der Waals surface area contributed by atoms with Gasteiger partial charge < -0.3 is 10.2 Å². The fourth-order valence-electron chi connectivity index (χ4n) is 5.10. The van der Waals surface area contributed by atoms with Crippen LogP contribution in [0.25, 0.3) is 11.7 Å². The van der Waals surface area contributed by atoms with E-state index >= 15 is 0 Å². The average Bonchev–Trinajstić information content (AvgIpc) is 3.26. The molecular weight excluding hydrogens is 442 g/mol. The van der Waals surface area contributed by atoms with E-state index in [0.29, 0.717) is 18.6 Å². The highest BCUT2D eigenvalue weighted by atomic mass is 32.2. The van der Waals surface area contributed by atoms with Gasteiger partial charge in [-0.15, -0.1) is 0 Å². The van der Waals surface area contributed by atoms with Gasteiger partial charge in [-0.05, 0) is 57.0 Å². The quantitative estimate of drug-likeness (QED) is 0.493. The van der Waals surface area contributed by atoms with Crippen LogP contribution < -0.4 is 5.32 Å². The highest BCUT2D eigenvalue weighted by Gasteiger charge is 2.29. The molecule has 34 heavy (non-hydrogen) atoms. The van der Waals surface area contributed by atoms with Crippen LogP contribution in [0.15, 0.2) is 64.7 Å². The maximum Gasteiger partial charge on any atom is 0.258 e. The smallest absolute Gasteiger partial charge is 0.258 e. The van der Waals surface area contributed by atoms with E-state index < -0.39 is 0 Å². The molecule has 1 fully saturated rings. The number of hydrogen-bond acceptors (Lipinski definition) is 5. The third-order valence-electron chi connectivity index (χ3n) is 6.81. The van der Waals surface area contributed by atoms with Gasteiger partial charge in [0.15, 0.2) is 0 Å². The minimum atomic E-state index is 0.00576. The van der Waals surface area contributed by atoms with E-state index in [-0.39, 0.29) is 5.91 Å². The lowest BCUT2D eigenvalue weighted by Gasteiger charge is -2.44. The minimum absolute atomic E-state index is 0.00576. The molecule has 0 unspecified atom stereocenters. The molecular formula is C27H33N5OS. The lowest BCUT2D eigenvalue weighted by molar-refractivity contribution is -0.116. The number of carbonyl (C=O) groups excluding carboxylic acids is 1. The van der Waals surface area contributed by atoms with Crippen molar-refractivity contribution in [3.63, 3.8) is 0 Å². The summed E-state index contributed by atoms with van der Waals surface area (Å²) >= 11 is 1.51. The summed E-state index contributed by atoms with van der Waals surface area (Å²) in [5, 5.41) is 4.15. The highest BCUT2D eigenvalue weighted by Crippen LogP contribution is 2.34. The largest absolute Gasteiger partial charge is 0.352 e. The molecule has 0 aliphatic carbocycles. The van der Waals surface area contributed by atoms with Crippen molar-refractivity contribution in [1.82, 2.24) is 24.5 Å². The topological polar surface area (TPSA) is 52.9 Å². The number of aromatic nitrogens is 2. The monoisotopic (exact) mass is 475 g/mol. The van der Waals surface area contributed by atoms with Gasteiger partial charge in [0.05, 0.1) is 21.8 Å². The molecule has 178 valence electrons. The number of pyridine rings is 1. The zero-order valence-electron chi connectivity index (χ0n) is 20.0. The van der Waals surface area contributed by atoms with Crippen molar-refractivity contribution in [3.05, 3.63) is 70.9 Å². The van der Waals surface area contributed by atoms with Crippen LogP contribution in [0.1, 0.15) is 37.9 Å². The van der Waals surface area contributed by atoms with Crippen molar-refractivity contribution >= 4 is 29.4 Å².